The second-order valence-corrected chi connectivity index (χ2v) is 5.21. The maximum absolute atomic E-state index is 5.60. The lowest BCUT2D eigenvalue weighted by Gasteiger charge is -2.09. The third kappa shape index (κ3) is 2.79. The van der Waals surface area contributed by atoms with Crippen LogP contribution >= 0.6 is 0 Å². The number of aryl methyl sites for hydroxylation is 2. The lowest BCUT2D eigenvalue weighted by Crippen LogP contribution is -2.01. The summed E-state index contributed by atoms with van der Waals surface area (Å²) in [5, 5.41) is 3.50. The fraction of sp³-hybridized carbons (Fsp3) is 0.294. The second kappa shape index (κ2) is 5.45. The molecule has 0 bridgehead atoms. The highest BCUT2D eigenvalue weighted by Gasteiger charge is 2.10. The van der Waals surface area contributed by atoms with E-state index in [1.807, 2.05) is 0 Å². The normalized spacial score (nSPS) is 13.3. The summed E-state index contributed by atoms with van der Waals surface area (Å²) in [7, 11) is 0. The first-order chi connectivity index (χ1) is 9.35. The fourth-order valence-corrected chi connectivity index (χ4v) is 2.68. The minimum absolute atomic E-state index is 0.610. The number of hydrogen-bond acceptors (Lipinski definition) is 2. The quantitative estimate of drug-likeness (QED) is 0.876. The molecule has 0 aromatic heterocycles. The van der Waals surface area contributed by atoms with E-state index < -0.39 is 0 Å². The summed E-state index contributed by atoms with van der Waals surface area (Å²) in [5.74, 6) is 0. The van der Waals surface area contributed by atoms with E-state index in [2.05, 4.69) is 47.8 Å². The van der Waals surface area contributed by atoms with Gasteiger partial charge in [-0.15, -0.1) is 0 Å². The van der Waals surface area contributed by atoms with E-state index in [1.54, 1.807) is 0 Å². The van der Waals surface area contributed by atoms with E-state index >= 15 is 0 Å². The van der Waals surface area contributed by atoms with Gasteiger partial charge in [0.05, 0.1) is 0 Å². The van der Waals surface area contributed by atoms with Crippen molar-refractivity contribution in [2.75, 3.05) is 5.32 Å². The van der Waals surface area contributed by atoms with Gasteiger partial charge in [-0.2, -0.15) is 0 Å². The van der Waals surface area contributed by atoms with Gasteiger partial charge < -0.3 is 11.1 Å². The summed E-state index contributed by atoms with van der Waals surface area (Å²) in [6, 6.07) is 15.2. The van der Waals surface area contributed by atoms with Crippen LogP contribution in [0.2, 0.25) is 0 Å². The third-order valence-corrected chi connectivity index (χ3v) is 3.85. The number of nitrogens with one attached hydrogen (secondary N) is 1. The van der Waals surface area contributed by atoms with Crippen LogP contribution in [0.4, 0.5) is 5.69 Å². The molecule has 0 spiro atoms. The maximum Gasteiger partial charge on any atom is 0.0400 e. The summed E-state index contributed by atoms with van der Waals surface area (Å²) in [4.78, 5) is 0. The van der Waals surface area contributed by atoms with E-state index in [4.69, 9.17) is 5.73 Å². The molecule has 1 aliphatic carbocycles. The van der Waals surface area contributed by atoms with Crippen LogP contribution in [0.25, 0.3) is 0 Å². The van der Waals surface area contributed by atoms with Crippen molar-refractivity contribution in [1.82, 2.24) is 0 Å². The van der Waals surface area contributed by atoms with Crippen molar-refractivity contribution in [3.63, 3.8) is 0 Å². The lowest BCUT2D eigenvalue weighted by molar-refractivity contribution is 0.912. The molecule has 98 valence electrons. The van der Waals surface area contributed by atoms with Crippen LogP contribution in [0, 0.1) is 0 Å². The molecule has 0 atom stereocenters. The van der Waals surface area contributed by atoms with Crippen molar-refractivity contribution in [1.29, 1.82) is 0 Å². The molecular formula is C17H20N2. The monoisotopic (exact) mass is 252 g/mol. The van der Waals surface area contributed by atoms with Crippen LogP contribution < -0.4 is 11.1 Å². The molecule has 0 saturated heterocycles. The van der Waals surface area contributed by atoms with Gasteiger partial charge in [0.1, 0.15) is 0 Å². The van der Waals surface area contributed by atoms with Gasteiger partial charge in [0.15, 0.2) is 0 Å². The Bertz CT molecular complexity index is 558. The van der Waals surface area contributed by atoms with Crippen LogP contribution in [0.15, 0.2) is 42.5 Å². The molecule has 0 aliphatic heterocycles. The zero-order chi connectivity index (χ0) is 13.1. The first-order valence-electron chi connectivity index (χ1n) is 6.99. The minimum Gasteiger partial charge on any atom is -0.381 e. The standard InChI is InChI=1S/C17H20N2/c18-11-13-4-6-14(7-5-13)12-19-17-9-8-15-2-1-3-16(15)10-17/h4-10,19H,1-3,11-12,18H2. The molecule has 0 fully saturated rings. The van der Waals surface area contributed by atoms with E-state index in [-0.39, 0.29) is 0 Å². The molecule has 3 rings (SSSR count). The number of anilines is 1. The van der Waals surface area contributed by atoms with Gasteiger partial charge in [-0.05, 0) is 53.6 Å². The third-order valence-electron chi connectivity index (χ3n) is 3.85. The Morgan fingerprint density at radius 1 is 0.895 bits per heavy atom. The molecule has 2 aromatic carbocycles. The Morgan fingerprint density at radius 3 is 2.42 bits per heavy atom. The fourth-order valence-electron chi connectivity index (χ4n) is 2.68. The molecule has 0 saturated carbocycles. The molecule has 1 aliphatic rings. The van der Waals surface area contributed by atoms with Crippen LogP contribution in [-0.4, -0.2) is 0 Å². The summed E-state index contributed by atoms with van der Waals surface area (Å²) in [6.07, 6.45) is 3.78. The average molecular weight is 252 g/mol. The smallest absolute Gasteiger partial charge is 0.0400 e. The van der Waals surface area contributed by atoms with Crippen molar-refractivity contribution in [2.45, 2.75) is 32.4 Å². The second-order valence-electron chi connectivity index (χ2n) is 5.21. The summed E-state index contributed by atoms with van der Waals surface area (Å²) in [5.41, 5.74) is 12.3. The Labute approximate surface area is 114 Å². The van der Waals surface area contributed by atoms with Gasteiger partial charge in [0, 0.05) is 18.8 Å². The highest BCUT2D eigenvalue weighted by molar-refractivity contribution is 5.50. The average Bonchev–Trinajstić information content (AvgIpc) is 2.93. The highest BCUT2D eigenvalue weighted by atomic mass is 14.9. The van der Waals surface area contributed by atoms with Crippen molar-refractivity contribution < 1.29 is 0 Å². The molecule has 3 N–H and O–H groups in total. The largest absolute Gasteiger partial charge is 0.381 e. The SMILES string of the molecule is NCc1ccc(CNc2ccc3c(c2)CCC3)cc1. The van der Waals surface area contributed by atoms with Crippen molar-refractivity contribution in [3.05, 3.63) is 64.7 Å². The van der Waals surface area contributed by atoms with Crippen LogP contribution in [0.3, 0.4) is 0 Å². The van der Waals surface area contributed by atoms with Crippen LogP contribution in [0.5, 0.6) is 0 Å². The lowest BCUT2D eigenvalue weighted by atomic mass is 10.1. The minimum atomic E-state index is 0.610. The van der Waals surface area contributed by atoms with Gasteiger partial charge in [-0.25, -0.2) is 0 Å². The Hall–Kier alpha value is -1.80. The van der Waals surface area contributed by atoms with Gasteiger partial charge in [0.2, 0.25) is 0 Å². The Morgan fingerprint density at radius 2 is 1.63 bits per heavy atom. The van der Waals surface area contributed by atoms with Crippen LogP contribution in [-0.2, 0) is 25.9 Å². The van der Waals surface area contributed by atoms with Crippen molar-refractivity contribution in [3.8, 4) is 0 Å². The predicted molar refractivity (Wildman–Crippen MR) is 80.1 cm³/mol. The molecule has 0 radical (unpaired) electrons. The van der Waals surface area contributed by atoms with Gasteiger partial charge in [-0.3, -0.25) is 0 Å². The van der Waals surface area contributed by atoms with Gasteiger partial charge in [0.25, 0.3) is 0 Å². The first kappa shape index (κ1) is 12.2. The molecule has 0 amide bonds. The molecule has 19 heavy (non-hydrogen) atoms. The van der Waals surface area contributed by atoms with Gasteiger partial charge >= 0.3 is 0 Å². The molecule has 2 heteroatoms. The van der Waals surface area contributed by atoms with Gasteiger partial charge in [-0.1, -0.05) is 30.3 Å². The highest BCUT2D eigenvalue weighted by Crippen LogP contribution is 2.25. The Kier molecular flexibility index (Phi) is 3.51. The van der Waals surface area contributed by atoms with E-state index in [0.717, 1.165) is 6.54 Å². The Balaban J connectivity index is 1.65. The molecule has 2 nitrogen and oxygen atoms in total. The number of hydrogen-bond donors (Lipinski definition) is 2. The summed E-state index contributed by atoms with van der Waals surface area (Å²) >= 11 is 0. The number of rotatable bonds is 4. The molecule has 2 aromatic rings. The summed E-state index contributed by atoms with van der Waals surface area (Å²) < 4.78 is 0. The molecule has 0 heterocycles. The van der Waals surface area contributed by atoms with E-state index in [0.29, 0.717) is 6.54 Å². The summed E-state index contributed by atoms with van der Waals surface area (Å²) in [6.45, 7) is 1.47. The van der Waals surface area contributed by atoms with Crippen molar-refractivity contribution in [2.24, 2.45) is 5.73 Å². The number of nitrogens with two attached hydrogens (primary N) is 1. The number of fused-ring (bicyclic) bond motifs is 1. The number of benzene rings is 2. The zero-order valence-corrected chi connectivity index (χ0v) is 11.2. The maximum atomic E-state index is 5.60. The topological polar surface area (TPSA) is 38.0 Å². The van der Waals surface area contributed by atoms with E-state index in [1.165, 1.54) is 47.2 Å². The predicted octanol–water partition coefficient (Wildman–Crippen LogP) is 3.25. The molecular weight excluding hydrogens is 232 g/mol. The first-order valence-corrected chi connectivity index (χ1v) is 6.99. The van der Waals surface area contributed by atoms with Crippen LogP contribution in [0.1, 0.15) is 28.7 Å². The molecule has 0 unspecified atom stereocenters. The van der Waals surface area contributed by atoms with E-state index in [9.17, 15) is 0 Å². The zero-order valence-electron chi connectivity index (χ0n) is 11.2. The van der Waals surface area contributed by atoms with Crippen molar-refractivity contribution >= 4 is 5.69 Å².